The van der Waals surface area contributed by atoms with Gasteiger partial charge in [-0.25, -0.2) is 23.5 Å². The number of amides is 2. The number of piperidine rings is 1. The normalized spacial score (nSPS) is 17.8. The number of hydrogen-bond donors (Lipinski definition) is 1. The Hall–Kier alpha value is -2.57. The summed E-state index contributed by atoms with van der Waals surface area (Å²) in [5, 5.41) is 2.54. The molecule has 0 radical (unpaired) electrons. The molecule has 2 aromatic rings. The Bertz CT molecular complexity index is 675. The zero-order valence-corrected chi connectivity index (χ0v) is 12.4. The molecule has 3 rings (SSSR count). The fraction of sp³-hybridized carbons (Fsp3) is 0.312. The predicted octanol–water partition coefficient (Wildman–Crippen LogP) is 3.17. The minimum Gasteiger partial charge on any atom is -0.324 e. The van der Waals surface area contributed by atoms with Gasteiger partial charge in [-0.3, -0.25) is 0 Å². The molecule has 1 unspecified atom stereocenters. The van der Waals surface area contributed by atoms with E-state index in [2.05, 4.69) is 15.3 Å². The van der Waals surface area contributed by atoms with Crippen molar-refractivity contribution >= 4 is 11.7 Å². The molecule has 120 valence electrons. The molecule has 1 aliphatic rings. The van der Waals surface area contributed by atoms with Crippen molar-refractivity contribution in [2.45, 2.75) is 18.8 Å². The zero-order chi connectivity index (χ0) is 16.2. The van der Waals surface area contributed by atoms with Crippen LogP contribution in [0, 0.1) is 11.6 Å². The third-order valence-electron chi connectivity index (χ3n) is 3.85. The highest BCUT2D eigenvalue weighted by Gasteiger charge is 2.25. The fourth-order valence-corrected chi connectivity index (χ4v) is 2.77. The highest BCUT2D eigenvalue weighted by Crippen LogP contribution is 2.25. The summed E-state index contributed by atoms with van der Waals surface area (Å²) in [4.78, 5) is 22.1. The van der Waals surface area contributed by atoms with Crippen LogP contribution in [0.2, 0.25) is 0 Å². The molecule has 23 heavy (non-hydrogen) atoms. The first-order valence-electron chi connectivity index (χ1n) is 7.40. The minimum atomic E-state index is -0.724. The van der Waals surface area contributed by atoms with Gasteiger partial charge in [0.05, 0.1) is 0 Å². The highest BCUT2D eigenvalue weighted by molar-refractivity contribution is 5.89. The van der Waals surface area contributed by atoms with Crippen molar-refractivity contribution in [1.82, 2.24) is 14.9 Å². The van der Waals surface area contributed by atoms with Gasteiger partial charge in [-0.1, -0.05) is 0 Å². The molecule has 2 amide bonds. The van der Waals surface area contributed by atoms with E-state index in [9.17, 15) is 13.6 Å². The van der Waals surface area contributed by atoms with Crippen LogP contribution in [0.3, 0.4) is 0 Å². The largest absolute Gasteiger partial charge is 0.324 e. The average Bonchev–Trinajstić information content (AvgIpc) is 2.55. The Morgan fingerprint density at radius 1 is 1.26 bits per heavy atom. The minimum absolute atomic E-state index is 0.108. The van der Waals surface area contributed by atoms with Crippen LogP contribution in [-0.4, -0.2) is 34.0 Å². The molecule has 0 spiro atoms. The fourth-order valence-electron chi connectivity index (χ4n) is 2.77. The molecule has 1 saturated heterocycles. The monoisotopic (exact) mass is 318 g/mol. The number of hydrogen-bond acceptors (Lipinski definition) is 3. The number of nitrogens with zero attached hydrogens (tertiary/aromatic N) is 3. The lowest BCUT2D eigenvalue weighted by molar-refractivity contribution is 0.192. The molecular formula is C16H16F2N4O. The summed E-state index contributed by atoms with van der Waals surface area (Å²) in [6.45, 7) is 1.12. The summed E-state index contributed by atoms with van der Waals surface area (Å²) < 4.78 is 26.4. The maximum Gasteiger partial charge on any atom is 0.321 e. The van der Waals surface area contributed by atoms with Crippen LogP contribution in [-0.2, 0) is 0 Å². The number of benzene rings is 1. The van der Waals surface area contributed by atoms with Gasteiger partial charge in [-0.2, -0.15) is 0 Å². The Morgan fingerprint density at radius 2 is 2.04 bits per heavy atom. The van der Waals surface area contributed by atoms with Gasteiger partial charge in [0.25, 0.3) is 0 Å². The van der Waals surface area contributed by atoms with Crippen molar-refractivity contribution in [3.05, 3.63) is 54.1 Å². The maximum atomic E-state index is 13.2. The highest BCUT2D eigenvalue weighted by atomic mass is 19.1. The van der Waals surface area contributed by atoms with Crippen molar-refractivity contribution in [2.75, 3.05) is 18.4 Å². The lowest BCUT2D eigenvalue weighted by atomic mass is 9.95. The van der Waals surface area contributed by atoms with Gasteiger partial charge in [0.1, 0.15) is 18.0 Å². The van der Waals surface area contributed by atoms with Gasteiger partial charge in [0, 0.05) is 42.7 Å². The van der Waals surface area contributed by atoms with Crippen LogP contribution >= 0.6 is 0 Å². The smallest absolute Gasteiger partial charge is 0.321 e. The van der Waals surface area contributed by atoms with Gasteiger partial charge in [-0.15, -0.1) is 0 Å². The van der Waals surface area contributed by atoms with E-state index in [0.29, 0.717) is 13.1 Å². The summed E-state index contributed by atoms with van der Waals surface area (Å²) >= 11 is 0. The number of likely N-dealkylation sites (tertiary alicyclic amines) is 1. The molecule has 1 N–H and O–H groups in total. The molecule has 0 saturated carbocycles. The molecule has 1 aromatic heterocycles. The van der Waals surface area contributed by atoms with Gasteiger partial charge in [0.2, 0.25) is 0 Å². The molecule has 5 nitrogen and oxygen atoms in total. The van der Waals surface area contributed by atoms with E-state index in [1.165, 1.54) is 6.33 Å². The molecule has 7 heteroatoms. The van der Waals surface area contributed by atoms with Crippen LogP contribution in [0.15, 0.2) is 36.8 Å². The number of rotatable bonds is 2. The van der Waals surface area contributed by atoms with Crippen molar-refractivity contribution in [3.8, 4) is 0 Å². The molecule has 0 aliphatic carbocycles. The van der Waals surface area contributed by atoms with Crippen LogP contribution in [0.5, 0.6) is 0 Å². The second kappa shape index (κ2) is 6.68. The van der Waals surface area contributed by atoms with E-state index in [1.54, 1.807) is 11.1 Å². The van der Waals surface area contributed by atoms with Crippen LogP contribution in [0.4, 0.5) is 19.3 Å². The van der Waals surface area contributed by atoms with Gasteiger partial charge >= 0.3 is 6.03 Å². The topological polar surface area (TPSA) is 58.1 Å². The number of urea groups is 1. The quantitative estimate of drug-likeness (QED) is 0.925. The number of aromatic nitrogens is 2. The van der Waals surface area contributed by atoms with Crippen molar-refractivity contribution in [2.24, 2.45) is 0 Å². The molecule has 1 aromatic carbocycles. The van der Waals surface area contributed by atoms with E-state index >= 15 is 0 Å². The van der Waals surface area contributed by atoms with E-state index in [4.69, 9.17) is 0 Å². The van der Waals surface area contributed by atoms with Crippen LogP contribution < -0.4 is 5.32 Å². The summed E-state index contributed by atoms with van der Waals surface area (Å²) in [7, 11) is 0. The number of halogens is 2. The van der Waals surface area contributed by atoms with Gasteiger partial charge < -0.3 is 10.2 Å². The van der Waals surface area contributed by atoms with Crippen molar-refractivity contribution in [1.29, 1.82) is 0 Å². The summed E-state index contributed by atoms with van der Waals surface area (Å²) in [5.41, 5.74) is 1.01. The first-order chi connectivity index (χ1) is 11.1. The SMILES string of the molecule is O=C(Nc1cc(F)cc(F)c1)N1CCCC(c2ccncn2)C1. The Morgan fingerprint density at radius 3 is 2.74 bits per heavy atom. The predicted molar refractivity (Wildman–Crippen MR) is 81.0 cm³/mol. The number of nitrogens with one attached hydrogen (secondary N) is 1. The maximum absolute atomic E-state index is 13.2. The molecule has 0 bridgehead atoms. The number of anilines is 1. The van der Waals surface area contributed by atoms with Crippen LogP contribution in [0.25, 0.3) is 0 Å². The summed E-state index contributed by atoms with van der Waals surface area (Å²) in [6.07, 6.45) is 4.95. The lowest BCUT2D eigenvalue weighted by Gasteiger charge is -2.32. The standard InChI is InChI=1S/C16H16F2N4O/c17-12-6-13(18)8-14(7-12)21-16(23)22-5-1-2-11(9-22)15-3-4-19-10-20-15/h3-4,6-8,10-11H,1-2,5,9H2,(H,21,23). The van der Waals surface area contributed by atoms with E-state index < -0.39 is 11.6 Å². The lowest BCUT2D eigenvalue weighted by Crippen LogP contribution is -2.41. The Kier molecular flexibility index (Phi) is 4.45. The molecule has 1 atom stereocenters. The second-order valence-corrected chi connectivity index (χ2v) is 5.51. The Labute approximate surface area is 132 Å². The molecule has 1 aliphatic heterocycles. The third-order valence-corrected chi connectivity index (χ3v) is 3.85. The Balaban J connectivity index is 1.67. The summed E-state index contributed by atoms with van der Waals surface area (Å²) in [6, 6.07) is 4.42. The van der Waals surface area contributed by atoms with E-state index in [-0.39, 0.29) is 17.6 Å². The zero-order valence-electron chi connectivity index (χ0n) is 12.4. The first-order valence-corrected chi connectivity index (χ1v) is 7.40. The molecule has 1 fully saturated rings. The third kappa shape index (κ3) is 3.80. The van der Waals surface area contributed by atoms with Gasteiger partial charge in [-0.05, 0) is 31.0 Å². The van der Waals surface area contributed by atoms with Crippen molar-refractivity contribution in [3.63, 3.8) is 0 Å². The van der Waals surface area contributed by atoms with E-state index in [0.717, 1.165) is 36.7 Å². The molecule has 2 heterocycles. The van der Waals surface area contributed by atoms with E-state index in [1.807, 2.05) is 6.07 Å². The molecular weight excluding hydrogens is 302 g/mol. The average molecular weight is 318 g/mol. The number of carbonyl (C=O) groups is 1. The summed E-state index contributed by atoms with van der Waals surface area (Å²) in [5.74, 6) is -1.31. The first kappa shape index (κ1) is 15.3. The van der Waals surface area contributed by atoms with Gasteiger partial charge in [0.15, 0.2) is 0 Å². The number of carbonyl (C=O) groups excluding carboxylic acids is 1. The van der Waals surface area contributed by atoms with Crippen molar-refractivity contribution < 1.29 is 13.6 Å². The van der Waals surface area contributed by atoms with Crippen LogP contribution in [0.1, 0.15) is 24.5 Å². The second-order valence-electron chi connectivity index (χ2n) is 5.51.